The zero-order chi connectivity index (χ0) is 19.2. The maximum Gasteiger partial charge on any atom is 0.261 e. The lowest BCUT2D eigenvalue weighted by atomic mass is 10.2. The molecule has 140 valence electrons. The van der Waals surface area contributed by atoms with Crippen molar-refractivity contribution in [1.82, 2.24) is 15.1 Å². The highest BCUT2D eigenvalue weighted by Gasteiger charge is 2.12. The van der Waals surface area contributed by atoms with Gasteiger partial charge < -0.3 is 14.6 Å². The Bertz CT molecular complexity index is 1030. The van der Waals surface area contributed by atoms with Gasteiger partial charge in [0.15, 0.2) is 5.82 Å². The van der Waals surface area contributed by atoms with Crippen molar-refractivity contribution in [3.63, 3.8) is 0 Å². The van der Waals surface area contributed by atoms with Crippen molar-refractivity contribution >= 4 is 5.82 Å². The Morgan fingerprint density at radius 1 is 0.929 bits per heavy atom. The van der Waals surface area contributed by atoms with Gasteiger partial charge >= 0.3 is 0 Å². The first-order valence-corrected chi connectivity index (χ1v) is 9.03. The predicted molar refractivity (Wildman–Crippen MR) is 107 cm³/mol. The first kappa shape index (κ1) is 17.7. The molecule has 4 rings (SSSR count). The number of hydrogen-bond acceptors (Lipinski definition) is 6. The second kappa shape index (κ2) is 8.35. The van der Waals surface area contributed by atoms with Crippen LogP contribution in [-0.4, -0.2) is 15.1 Å². The van der Waals surface area contributed by atoms with E-state index in [2.05, 4.69) is 20.4 Å². The molecule has 6 heteroatoms. The van der Waals surface area contributed by atoms with Crippen molar-refractivity contribution in [3.8, 4) is 17.2 Å². The summed E-state index contributed by atoms with van der Waals surface area (Å²) in [6, 6.07) is 21.9. The van der Waals surface area contributed by atoms with Gasteiger partial charge in [0.05, 0.1) is 5.56 Å². The van der Waals surface area contributed by atoms with Gasteiger partial charge in [-0.1, -0.05) is 47.6 Å². The highest BCUT2D eigenvalue weighted by atomic mass is 16.5. The Hall–Kier alpha value is -3.67. The molecule has 0 aliphatic heterocycles. The second-order valence-electron chi connectivity index (χ2n) is 6.32. The summed E-state index contributed by atoms with van der Waals surface area (Å²) in [5.41, 5.74) is 3.04. The average molecular weight is 372 g/mol. The van der Waals surface area contributed by atoms with Crippen LogP contribution in [0.1, 0.15) is 17.0 Å². The molecular formula is C22H20N4O2. The van der Waals surface area contributed by atoms with Crippen LogP contribution in [-0.2, 0) is 13.2 Å². The lowest BCUT2D eigenvalue weighted by Crippen LogP contribution is -2.03. The van der Waals surface area contributed by atoms with Crippen molar-refractivity contribution in [2.75, 3.05) is 5.32 Å². The van der Waals surface area contributed by atoms with Gasteiger partial charge in [0.25, 0.3) is 5.89 Å². The van der Waals surface area contributed by atoms with E-state index < -0.39 is 0 Å². The lowest BCUT2D eigenvalue weighted by Gasteiger charge is -2.10. The maximum atomic E-state index is 5.83. The smallest absolute Gasteiger partial charge is 0.261 e. The summed E-state index contributed by atoms with van der Waals surface area (Å²) in [5, 5.41) is 7.18. The fraction of sp³-hybridized carbons (Fsp3) is 0.136. The molecule has 0 saturated carbocycles. The fourth-order valence-corrected chi connectivity index (χ4v) is 2.76. The third kappa shape index (κ3) is 4.35. The van der Waals surface area contributed by atoms with Crippen LogP contribution in [0.2, 0.25) is 0 Å². The molecule has 0 fully saturated rings. The van der Waals surface area contributed by atoms with E-state index in [9.17, 15) is 0 Å². The molecule has 28 heavy (non-hydrogen) atoms. The third-order valence-corrected chi connectivity index (χ3v) is 4.20. The van der Waals surface area contributed by atoms with E-state index in [1.165, 1.54) is 0 Å². The summed E-state index contributed by atoms with van der Waals surface area (Å²) in [5.74, 6) is 2.59. The fourth-order valence-electron chi connectivity index (χ4n) is 2.76. The number of hydrogen-bond donors (Lipinski definition) is 1. The average Bonchev–Trinajstić information content (AvgIpc) is 3.18. The van der Waals surface area contributed by atoms with Crippen LogP contribution in [0.25, 0.3) is 11.5 Å². The van der Waals surface area contributed by atoms with E-state index >= 15 is 0 Å². The Kier molecular flexibility index (Phi) is 5.29. The molecule has 2 aromatic carbocycles. The van der Waals surface area contributed by atoms with Gasteiger partial charge in [0.1, 0.15) is 18.2 Å². The first-order valence-electron chi connectivity index (χ1n) is 9.03. The molecule has 2 heterocycles. The van der Waals surface area contributed by atoms with Crippen molar-refractivity contribution < 1.29 is 9.26 Å². The second-order valence-corrected chi connectivity index (χ2v) is 6.32. The minimum atomic E-state index is 0.456. The maximum absolute atomic E-state index is 5.83. The van der Waals surface area contributed by atoms with Crippen LogP contribution >= 0.6 is 0 Å². The molecule has 2 aromatic heterocycles. The van der Waals surface area contributed by atoms with Crippen molar-refractivity contribution in [3.05, 3.63) is 89.9 Å². The highest BCUT2D eigenvalue weighted by molar-refractivity contribution is 5.68. The van der Waals surface area contributed by atoms with Crippen molar-refractivity contribution in [2.45, 2.75) is 20.1 Å². The SMILES string of the molecule is Cc1noc(-c2cccnc2NCc2ccc(OCc3ccccc3)cc2)n1. The van der Waals surface area contributed by atoms with Crippen LogP contribution < -0.4 is 10.1 Å². The summed E-state index contributed by atoms with van der Waals surface area (Å²) in [7, 11) is 0. The monoisotopic (exact) mass is 372 g/mol. The van der Waals surface area contributed by atoms with Crippen LogP contribution in [0.4, 0.5) is 5.82 Å². The minimum absolute atomic E-state index is 0.456. The number of aryl methyl sites for hydroxylation is 1. The Balaban J connectivity index is 1.38. The van der Waals surface area contributed by atoms with Crippen molar-refractivity contribution in [2.24, 2.45) is 0 Å². The highest BCUT2D eigenvalue weighted by Crippen LogP contribution is 2.25. The minimum Gasteiger partial charge on any atom is -0.489 e. The number of nitrogens with one attached hydrogen (secondary N) is 1. The molecule has 0 amide bonds. The zero-order valence-electron chi connectivity index (χ0n) is 15.5. The van der Waals surface area contributed by atoms with Crippen LogP contribution in [0.5, 0.6) is 5.75 Å². The summed E-state index contributed by atoms with van der Waals surface area (Å²) in [4.78, 5) is 8.68. The molecule has 1 N–H and O–H groups in total. The molecular weight excluding hydrogens is 352 g/mol. The number of aromatic nitrogens is 3. The normalized spacial score (nSPS) is 10.6. The van der Waals surface area contributed by atoms with Gasteiger partial charge in [-0.05, 0) is 42.3 Å². The Morgan fingerprint density at radius 3 is 2.50 bits per heavy atom. The largest absolute Gasteiger partial charge is 0.489 e. The number of anilines is 1. The number of pyridine rings is 1. The van der Waals surface area contributed by atoms with Crippen LogP contribution in [0.15, 0.2) is 77.4 Å². The summed E-state index contributed by atoms with van der Waals surface area (Å²) < 4.78 is 11.1. The van der Waals surface area contributed by atoms with Gasteiger partial charge in [0.2, 0.25) is 0 Å². The number of ether oxygens (including phenoxy) is 1. The van der Waals surface area contributed by atoms with Gasteiger partial charge in [0, 0.05) is 12.7 Å². The molecule has 4 aromatic rings. The predicted octanol–water partition coefficient (Wildman–Crippen LogP) is 4.63. The Labute approximate surface area is 163 Å². The van der Waals surface area contributed by atoms with Crippen molar-refractivity contribution in [1.29, 1.82) is 0 Å². The summed E-state index contributed by atoms with van der Waals surface area (Å²) >= 11 is 0. The summed E-state index contributed by atoms with van der Waals surface area (Å²) in [6.45, 7) is 2.97. The molecule has 0 unspecified atom stereocenters. The zero-order valence-corrected chi connectivity index (χ0v) is 15.5. The van der Waals surface area contributed by atoms with Crippen LogP contribution in [0.3, 0.4) is 0 Å². The van der Waals surface area contributed by atoms with E-state index in [-0.39, 0.29) is 0 Å². The first-order chi connectivity index (χ1) is 13.8. The lowest BCUT2D eigenvalue weighted by molar-refractivity contribution is 0.306. The molecule has 0 saturated heterocycles. The molecule has 6 nitrogen and oxygen atoms in total. The van der Waals surface area contributed by atoms with E-state index in [0.29, 0.717) is 30.7 Å². The quantitative estimate of drug-likeness (QED) is 0.510. The Morgan fingerprint density at radius 2 is 1.75 bits per heavy atom. The van der Waals surface area contributed by atoms with Gasteiger partial charge in [-0.2, -0.15) is 4.98 Å². The molecule has 0 bridgehead atoms. The van der Waals surface area contributed by atoms with E-state index in [4.69, 9.17) is 9.26 Å². The summed E-state index contributed by atoms with van der Waals surface area (Å²) in [6.07, 6.45) is 1.73. The van der Waals surface area contributed by atoms with Gasteiger partial charge in [-0.3, -0.25) is 0 Å². The van der Waals surface area contributed by atoms with E-state index in [1.807, 2.05) is 66.7 Å². The molecule has 0 spiro atoms. The molecule has 0 radical (unpaired) electrons. The molecule has 0 aliphatic carbocycles. The molecule has 0 aliphatic rings. The topological polar surface area (TPSA) is 73.1 Å². The standard InChI is InChI=1S/C22H20N4O2/c1-16-25-22(28-26-16)20-8-5-13-23-21(20)24-14-17-9-11-19(12-10-17)27-15-18-6-3-2-4-7-18/h2-13H,14-15H2,1H3,(H,23,24). The third-order valence-electron chi connectivity index (χ3n) is 4.20. The number of rotatable bonds is 7. The van der Waals surface area contributed by atoms with Gasteiger partial charge in [-0.15, -0.1) is 0 Å². The number of nitrogens with zero attached hydrogens (tertiary/aromatic N) is 3. The van der Waals surface area contributed by atoms with Crippen LogP contribution in [0, 0.1) is 6.92 Å². The van der Waals surface area contributed by atoms with E-state index in [1.54, 1.807) is 13.1 Å². The number of benzene rings is 2. The van der Waals surface area contributed by atoms with Gasteiger partial charge in [-0.25, -0.2) is 4.98 Å². The van der Waals surface area contributed by atoms with E-state index in [0.717, 1.165) is 22.4 Å². The molecule has 0 atom stereocenters.